The van der Waals surface area contributed by atoms with E-state index in [0.717, 1.165) is 0 Å². The van der Waals surface area contributed by atoms with Crippen molar-refractivity contribution in [2.45, 2.75) is 20.8 Å². The predicted molar refractivity (Wildman–Crippen MR) is 116 cm³/mol. The lowest BCUT2D eigenvalue weighted by atomic mass is 10.1. The highest BCUT2D eigenvalue weighted by Crippen LogP contribution is 2.32. The van der Waals surface area contributed by atoms with E-state index in [9.17, 15) is 0 Å². The quantitative estimate of drug-likeness (QED) is 0.588. The van der Waals surface area contributed by atoms with Gasteiger partial charge in [0.2, 0.25) is 0 Å². The highest BCUT2D eigenvalue weighted by atomic mass is 28.3. The average molecular weight is 353 g/mol. The summed E-state index contributed by atoms with van der Waals surface area (Å²) in [6.07, 6.45) is 4.61. The van der Waals surface area contributed by atoms with Crippen LogP contribution in [0.2, 0.25) is 0 Å². The van der Waals surface area contributed by atoms with E-state index >= 15 is 0 Å². The van der Waals surface area contributed by atoms with Crippen molar-refractivity contribution < 1.29 is 0 Å². The third kappa shape index (κ3) is 2.79. The van der Waals surface area contributed by atoms with Crippen LogP contribution in [0.1, 0.15) is 22.3 Å². The Kier molecular flexibility index (Phi) is 4.26. The fraction of sp³-hybridized carbons (Fsp3) is 0.120. The summed E-state index contributed by atoms with van der Waals surface area (Å²) in [6, 6.07) is 27.1. The molecule has 1 aliphatic rings. The van der Waals surface area contributed by atoms with E-state index in [1.54, 1.807) is 0 Å². The number of rotatable bonds is 3. The zero-order chi connectivity index (χ0) is 18.1. The molecule has 128 valence electrons. The smallest absolute Gasteiger partial charge is 0.0818 e. The maximum absolute atomic E-state index is 2.49. The Bertz CT molecular complexity index is 978. The molecule has 1 heteroatoms. The van der Waals surface area contributed by atoms with Crippen LogP contribution in [0.3, 0.4) is 0 Å². The van der Waals surface area contributed by atoms with Crippen molar-refractivity contribution in [1.29, 1.82) is 0 Å². The molecule has 0 N–H and O–H groups in total. The van der Waals surface area contributed by atoms with Crippen LogP contribution >= 0.6 is 0 Å². The van der Waals surface area contributed by atoms with Gasteiger partial charge in [0.15, 0.2) is 8.07 Å². The predicted octanol–water partition coefficient (Wildman–Crippen LogP) is 4.91. The number of hydrogen-bond acceptors (Lipinski definition) is 0. The van der Waals surface area contributed by atoms with Crippen LogP contribution in [0.25, 0.3) is 5.20 Å². The molecule has 1 aliphatic heterocycles. The topological polar surface area (TPSA) is 0 Å². The molecule has 26 heavy (non-hydrogen) atoms. The van der Waals surface area contributed by atoms with E-state index in [1.807, 2.05) is 0 Å². The molecule has 0 unspecified atom stereocenters. The highest BCUT2D eigenvalue weighted by molar-refractivity contribution is 7.18. The highest BCUT2D eigenvalue weighted by Gasteiger charge is 2.41. The summed E-state index contributed by atoms with van der Waals surface area (Å²) in [6.45, 7) is 6.56. The first-order chi connectivity index (χ1) is 12.6. The van der Waals surface area contributed by atoms with Gasteiger partial charge >= 0.3 is 0 Å². The molecule has 0 amide bonds. The molecule has 0 bridgehead atoms. The molecule has 0 saturated carbocycles. The SMILES string of the molecule is Cc1cccc(C2=CC=C[Si]2(c2cccc(C)c2)c2cccc(C)c2)c1. The largest absolute Gasteiger partial charge is 0.173 e. The molecule has 0 atom stereocenters. The summed E-state index contributed by atoms with van der Waals surface area (Å²) in [4.78, 5) is 0. The van der Waals surface area contributed by atoms with Gasteiger partial charge in [0.25, 0.3) is 0 Å². The Morgan fingerprint density at radius 3 is 1.69 bits per heavy atom. The standard InChI is InChI=1S/C25H24Si/c1-19-8-4-11-22(16-19)25-14-7-15-26(25,23-12-5-9-20(2)17-23)24-13-6-10-21(3)18-24/h4-18H,1-3H3. The summed E-state index contributed by atoms with van der Waals surface area (Å²) < 4.78 is 0. The third-order valence-electron chi connectivity index (χ3n) is 5.31. The first kappa shape index (κ1) is 16.8. The molecule has 1 heterocycles. The molecule has 0 fully saturated rings. The van der Waals surface area contributed by atoms with E-state index in [0.29, 0.717) is 0 Å². The second-order valence-electron chi connectivity index (χ2n) is 7.36. The summed E-state index contributed by atoms with van der Waals surface area (Å²) in [7, 11) is -2.16. The van der Waals surface area contributed by atoms with Gasteiger partial charge in [-0.3, -0.25) is 0 Å². The van der Waals surface area contributed by atoms with Crippen LogP contribution in [0.15, 0.2) is 90.6 Å². The fourth-order valence-corrected chi connectivity index (χ4v) is 8.60. The lowest BCUT2D eigenvalue weighted by Crippen LogP contribution is -2.57. The first-order valence-corrected chi connectivity index (χ1v) is 11.3. The van der Waals surface area contributed by atoms with Gasteiger partial charge in [-0.05, 0) is 41.9 Å². The van der Waals surface area contributed by atoms with E-state index in [4.69, 9.17) is 0 Å². The van der Waals surface area contributed by atoms with Crippen LogP contribution in [0.4, 0.5) is 0 Å². The number of allylic oxidation sites excluding steroid dienone is 2. The Morgan fingerprint density at radius 2 is 1.15 bits per heavy atom. The van der Waals surface area contributed by atoms with Crippen LogP contribution in [-0.2, 0) is 0 Å². The van der Waals surface area contributed by atoms with Crippen molar-refractivity contribution >= 4 is 23.6 Å². The van der Waals surface area contributed by atoms with Gasteiger partial charge in [0.1, 0.15) is 0 Å². The van der Waals surface area contributed by atoms with Crippen molar-refractivity contribution in [3.63, 3.8) is 0 Å². The van der Waals surface area contributed by atoms with E-state index in [1.165, 1.54) is 37.8 Å². The average Bonchev–Trinajstić information content (AvgIpc) is 3.08. The molecule has 3 aromatic rings. The molecule has 0 saturated heterocycles. The minimum Gasteiger partial charge on any atom is -0.0818 e. The third-order valence-corrected chi connectivity index (χ3v) is 9.75. The van der Waals surface area contributed by atoms with Gasteiger partial charge in [-0.15, -0.1) is 0 Å². The van der Waals surface area contributed by atoms with Crippen LogP contribution in [0.5, 0.6) is 0 Å². The van der Waals surface area contributed by atoms with Gasteiger partial charge in [0, 0.05) is 0 Å². The van der Waals surface area contributed by atoms with Crippen molar-refractivity contribution in [3.05, 3.63) is 113 Å². The zero-order valence-corrected chi connectivity index (χ0v) is 16.7. The molecule has 0 radical (unpaired) electrons. The van der Waals surface area contributed by atoms with Crippen LogP contribution in [0, 0.1) is 20.8 Å². The summed E-state index contributed by atoms with van der Waals surface area (Å²) in [5, 5.41) is 4.41. The van der Waals surface area contributed by atoms with Crippen molar-refractivity contribution in [2.75, 3.05) is 0 Å². The Labute approximate surface area is 157 Å². The van der Waals surface area contributed by atoms with Crippen molar-refractivity contribution in [3.8, 4) is 0 Å². The van der Waals surface area contributed by atoms with Gasteiger partial charge in [-0.25, -0.2) is 0 Å². The van der Waals surface area contributed by atoms with E-state index in [2.05, 4.69) is 111 Å². The monoisotopic (exact) mass is 352 g/mol. The minimum absolute atomic E-state index is 1.31. The molecule has 0 aromatic heterocycles. The number of benzene rings is 3. The van der Waals surface area contributed by atoms with Crippen molar-refractivity contribution in [1.82, 2.24) is 0 Å². The molecule has 3 aromatic carbocycles. The molecular weight excluding hydrogens is 328 g/mol. The Morgan fingerprint density at radius 1 is 0.615 bits per heavy atom. The summed E-state index contributed by atoms with van der Waals surface area (Å²) in [5.74, 6) is 0. The van der Waals surface area contributed by atoms with Crippen molar-refractivity contribution in [2.24, 2.45) is 0 Å². The maximum Gasteiger partial charge on any atom is 0.173 e. The van der Waals surface area contributed by atoms with Gasteiger partial charge < -0.3 is 0 Å². The number of hydrogen-bond donors (Lipinski definition) is 0. The molecule has 0 aliphatic carbocycles. The summed E-state index contributed by atoms with van der Waals surface area (Å²) in [5.41, 5.74) is 7.81. The maximum atomic E-state index is 2.49. The van der Waals surface area contributed by atoms with Crippen LogP contribution < -0.4 is 10.4 Å². The zero-order valence-electron chi connectivity index (χ0n) is 15.7. The van der Waals surface area contributed by atoms with Crippen LogP contribution in [-0.4, -0.2) is 8.07 Å². The second kappa shape index (κ2) is 6.58. The molecule has 0 nitrogen and oxygen atoms in total. The van der Waals surface area contributed by atoms with E-state index in [-0.39, 0.29) is 0 Å². The molecule has 0 spiro atoms. The second-order valence-corrected chi connectivity index (χ2v) is 11.0. The fourth-order valence-electron chi connectivity index (χ4n) is 4.10. The lowest BCUT2D eigenvalue weighted by Gasteiger charge is -2.31. The van der Waals surface area contributed by atoms with Gasteiger partial charge in [0.05, 0.1) is 0 Å². The summed E-state index contributed by atoms with van der Waals surface area (Å²) >= 11 is 0. The first-order valence-electron chi connectivity index (χ1n) is 9.21. The molecule has 4 rings (SSSR count). The van der Waals surface area contributed by atoms with E-state index < -0.39 is 8.07 Å². The number of aryl methyl sites for hydroxylation is 3. The molecular formula is C25H24Si. The lowest BCUT2D eigenvalue weighted by molar-refractivity contribution is 1.45. The van der Waals surface area contributed by atoms with Gasteiger partial charge in [-0.2, -0.15) is 0 Å². The normalized spacial score (nSPS) is 15.1. The van der Waals surface area contributed by atoms with Gasteiger partial charge in [-0.1, -0.05) is 107 Å². The Balaban J connectivity index is 2.00. The minimum atomic E-state index is -2.16. The Hall–Kier alpha value is -2.64.